The second-order valence-corrected chi connectivity index (χ2v) is 4.90. The van der Waals surface area contributed by atoms with Gasteiger partial charge in [0.2, 0.25) is 5.91 Å². The predicted molar refractivity (Wildman–Crippen MR) is 71.4 cm³/mol. The maximum absolute atomic E-state index is 12.4. The summed E-state index contributed by atoms with van der Waals surface area (Å²) in [6.07, 6.45) is 2.06. The zero-order chi connectivity index (χ0) is 15.5. The number of nitrogens with zero attached hydrogens (tertiary/aromatic N) is 3. The Hall–Kier alpha value is -2.20. The minimum atomic E-state index is -1.14. The Balaban J connectivity index is 2.47. The third-order valence-electron chi connectivity index (χ3n) is 3.69. The van der Waals surface area contributed by atoms with Crippen molar-refractivity contribution in [2.24, 2.45) is 0 Å². The van der Waals surface area contributed by atoms with E-state index in [2.05, 4.69) is 4.98 Å². The van der Waals surface area contributed by atoms with Crippen LogP contribution in [0.1, 0.15) is 42.5 Å². The number of imidazole rings is 1. The second-order valence-electron chi connectivity index (χ2n) is 4.90. The van der Waals surface area contributed by atoms with Crippen LogP contribution in [0.2, 0.25) is 0 Å². The highest BCUT2D eigenvalue weighted by molar-refractivity contribution is 5.96. The molecule has 0 saturated heterocycles. The minimum absolute atomic E-state index is 0.0240. The Labute approximate surface area is 122 Å². The van der Waals surface area contributed by atoms with E-state index in [1.807, 2.05) is 6.07 Å². The number of carbonyl (C=O) groups is 2. The van der Waals surface area contributed by atoms with Gasteiger partial charge in [-0.05, 0) is 13.3 Å². The first-order valence-electron chi connectivity index (χ1n) is 6.86. The van der Waals surface area contributed by atoms with Crippen molar-refractivity contribution in [3.8, 4) is 6.07 Å². The van der Waals surface area contributed by atoms with Crippen LogP contribution in [0.25, 0.3) is 0 Å². The molecular weight excluding hydrogens is 274 g/mol. The maximum atomic E-state index is 12.4. The van der Waals surface area contributed by atoms with Crippen molar-refractivity contribution in [1.82, 2.24) is 9.55 Å². The number of hydrogen-bond donors (Lipinski definition) is 1. The van der Waals surface area contributed by atoms with Crippen LogP contribution < -0.4 is 0 Å². The fraction of sp³-hybridized carbons (Fsp3) is 0.571. The topological polar surface area (TPSA) is 105 Å². The van der Waals surface area contributed by atoms with E-state index in [1.54, 1.807) is 6.92 Å². The van der Waals surface area contributed by atoms with E-state index in [-0.39, 0.29) is 44.8 Å². The summed E-state index contributed by atoms with van der Waals surface area (Å²) in [6, 6.07) is 2.01. The second kappa shape index (κ2) is 6.06. The quantitative estimate of drug-likeness (QED) is 0.768. The molecule has 1 aromatic heterocycles. The smallest absolute Gasteiger partial charge is 0.318 e. The van der Waals surface area contributed by atoms with E-state index in [4.69, 9.17) is 15.1 Å². The van der Waals surface area contributed by atoms with Crippen LogP contribution in [0.5, 0.6) is 0 Å². The number of hydrogen-bond acceptors (Lipinski definition) is 6. The predicted octanol–water partition coefficient (Wildman–Crippen LogP) is 0.566. The molecule has 1 aromatic rings. The average Bonchev–Trinajstić information content (AvgIpc) is 2.99. The van der Waals surface area contributed by atoms with Gasteiger partial charge < -0.3 is 9.84 Å². The molecule has 1 aliphatic rings. The Bertz CT molecular complexity index is 602. The average molecular weight is 291 g/mol. The number of aromatic nitrogens is 2. The Morgan fingerprint density at radius 1 is 1.67 bits per heavy atom. The molecule has 2 rings (SSSR count). The van der Waals surface area contributed by atoms with E-state index in [9.17, 15) is 9.59 Å². The molecule has 1 N–H and O–H groups in total. The van der Waals surface area contributed by atoms with Crippen molar-refractivity contribution in [2.75, 3.05) is 13.2 Å². The number of nitriles is 1. The van der Waals surface area contributed by atoms with Crippen molar-refractivity contribution in [2.45, 2.75) is 38.0 Å². The zero-order valence-corrected chi connectivity index (χ0v) is 11.8. The van der Waals surface area contributed by atoms with E-state index in [0.29, 0.717) is 11.5 Å². The first-order valence-corrected chi connectivity index (χ1v) is 6.86. The van der Waals surface area contributed by atoms with Gasteiger partial charge in [-0.25, -0.2) is 4.98 Å². The van der Waals surface area contributed by atoms with Crippen molar-refractivity contribution in [3.63, 3.8) is 0 Å². The minimum Gasteiger partial charge on any atom is -0.465 e. The summed E-state index contributed by atoms with van der Waals surface area (Å²) in [7, 11) is 0. The first kappa shape index (κ1) is 15.2. The molecule has 0 aromatic carbocycles. The molecule has 7 heteroatoms. The Morgan fingerprint density at radius 3 is 3.05 bits per heavy atom. The van der Waals surface area contributed by atoms with Crippen molar-refractivity contribution < 1.29 is 19.4 Å². The summed E-state index contributed by atoms with van der Waals surface area (Å²) in [5.41, 5.74) is -0.673. The first-order chi connectivity index (χ1) is 10.1. The SMILES string of the molecule is CCOC(=O)C1(CCC#N)CC(=O)n2c1cnc2CCO. The van der Waals surface area contributed by atoms with E-state index >= 15 is 0 Å². The van der Waals surface area contributed by atoms with Gasteiger partial charge in [0.05, 0.1) is 31.2 Å². The highest BCUT2D eigenvalue weighted by Gasteiger charge is 2.51. The number of carbonyl (C=O) groups excluding carboxylic acids is 2. The Kier molecular flexibility index (Phi) is 4.38. The lowest BCUT2D eigenvalue weighted by atomic mass is 9.79. The molecule has 0 aliphatic carbocycles. The third kappa shape index (κ3) is 2.43. The van der Waals surface area contributed by atoms with E-state index < -0.39 is 11.4 Å². The van der Waals surface area contributed by atoms with Gasteiger partial charge in [-0.3, -0.25) is 14.2 Å². The lowest BCUT2D eigenvalue weighted by Gasteiger charge is -2.24. The summed E-state index contributed by atoms with van der Waals surface area (Å²) >= 11 is 0. The molecule has 7 nitrogen and oxygen atoms in total. The number of aliphatic hydroxyl groups is 1. The zero-order valence-electron chi connectivity index (χ0n) is 11.8. The molecule has 0 saturated carbocycles. The van der Waals surface area contributed by atoms with Gasteiger partial charge in [0.1, 0.15) is 11.2 Å². The van der Waals surface area contributed by atoms with Crippen LogP contribution >= 0.6 is 0 Å². The molecule has 112 valence electrons. The summed E-state index contributed by atoms with van der Waals surface area (Å²) in [5.74, 6) is -0.319. The summed E-state index contributed by atoms with van der Waals surface area (Å²) in [4.78, 5) is 28.7. The highest BCUT2D eigenvalue weighted by atomic mass is 16.5. The van der Waals surface area contributed by atoms with Gasteiger partial charge in [0.15, 0.2) is 0 Å². The molecular formula is C14H17N3O4. The fourth-order valence-corrected chi connectivity index (χ4v) is 2.74. The number of aliphatic hydroxyl groups excluding tert-OH is 1. The molecule has 1 aliphatic heterocycles. The molecule has 0 spiro atoms. The summed E-state index contributed by atoms with van der Waals surface area (Å²) in [5, 5.41) is 17.8. The lowest BCUT2D eigenvalue weighted by molar-refractivity contribution is -0.150. The number of fused-ring (bicyclic) bond motifs is 1. The normalized spacial score (nSPS) is 20.1. The molecule has 1 unspecified atom stereocenters. The fourth-order valence-electron chi connectivity index (χ4n) is 2.74. The largest absolute Gasteiger partial charge is 0.465 e. The molecule has 0 fully saturated rings. The Morgan fingerprint density at radius 2 is 2.43 bits per heavy atom. The van der Waals surface area contributed by atoms with Crippen molar-refractivity contribution in [1.29, 1.82) is 5.26 Å². The number of ether oxygens (including phenoxy) is 1. The van der Waals surface area contributed by atoms with E-state index in [1.165, 1.54) is 10.8 Å². The van der Waals surface area contributed by atoms with E-state index in [0.717, 1.165) is 0 Å². The van der Waals surface area contributed by atoms with Crippen LogP contribution in [-0.4, -0.2) is 39.7 Å². The maximum Gasteiger partial charge on any atom is 0.318 e. The monoisotopic (exact) mass is 291 g/mol. The van der Waals surface area contributed by atoms with Gasteiger partial charge in [-0.15, -0.1) is 0 Å². The van der Waals surface area contributed by atoms with Crippen LogP contribution in [0, 0.1) is 11.3 Å². The summed E-state index contributed by atoms with van der Waals surface area (Å²) in [6.45, 7) is 1.77. The molecule has 1 atom stereocenters. The highest BCUT2D eigenvalue weighted by Crippen LogP contribution is 2.40. The number of esters is 1. The molecule has 0 amide bonds. The molecule has 0 bridgehead atoms. The van der Waals surface area contributed by atoms with Crippen LogP contribution in [0.15, 0.2) is 6.20 Å². The summed E-state index contributed by atoms with van der Waals surface area (Å²) < 4.78 is 6.49. The van der Waals surface area contributed by atoms with Crippen molar-refractivity contribution in [3.05, 3.63) is 17.7 Å². The van der Waals surface area contributed by atoms with Gasteiger partial charge in [-0.1, -0.05) is 0 Å². The molecule has 0 radical (unpaired) electrons. The third-order valence-corrected chi connectivity index (χ3v) is 3.69. The van der Waals surface area contributed by atoms with Crippen LogP contribution in [0.4, 0.5) is 0 Å². The van der Waals surface area contributed by atoms with Gasteiger partial charge in [0.25, 0.3) is 0 Å². The molecule has 2 heterocycles. The van der Waals surface area contributed by atoms with Gasteiger partial charge in [-0.2, -0.15) is 5.26 Å². The van der Waals surface area contributed by atoms with Gasteiger partial charge >= 0.3 is 5.97 Å². The molecule has 21 heavy (non-hydrogen) atoms. The lowest BCUT2D eigenvalue weighted by Crippen LogP contribution is -2.36. The number of rotatable bonds is 6. The van der Waals surface area contributed by atoms with Crippen LogP contribution in [-0.2, 0) is 21.4 Å². The van der Waals surface area contributed by atoms with Crippen molar-refractivity contribution >= 4 is 11.9 Å². The van der Waals surface area contributed by atoms with Crippen LogP contribution in [0.3, 0.4) is 0 Å². The standard InChI is InChI=1S/C14H17N3O4/c1-2-21-13(20)14(5-3-6-15)8-12(19)17-10(14)9-16-11(17)4-7-18/h9,18H,2-5,7-8H2,1H3. The van der Waals surface area contributed by atoms with Gasteiger partial charge in [0, 0.05) is 19.3 Å².